The number of hydrogen-bond donors (Lipinski definition) is 1. The number of benzene rings is 2. The lowest BCUT2D eigenvalue weighted by Gasteiger charge is -2.39. The molecule has 3 aromatic rings. The van der Waals surface area contributed by atoms with Crippen LogP contribution in [0.15, 0.2) is 42.5 Å². The zero-order chi connectivity index (χ0) is 35.6. The summed E-state index contributed by atoms with van der Waals surface area (Å²) in [6.07, 6.45) is 5.69. The molecule has 3 amide bonds. The number of ether oxygens (including phenoxy) is 3. The summed E-state index contributed by atoms with van der Waals surface area (Å²) in [7, 11) is 1.62. The first-order valence-corrected chi connectivity index (χ1v) is 17.9. The first kappa shape index (κ1) is 37.2. The maximum absolute atomic E-state index is 14.4. The molecule has 1 saturated heterocycles. The van der Waals surface area contributed by atoms with Gasteiger partial charge >= 0.3 is 0 Å². The van der Waals surface area contributed by atoms with Gasteiger partial charge < -0.3 is 33.9 Å². The number of rotatable bonds is 15. The van der Waals surface area contributed by atoms with Crippen molar-refractivity contribution in [1.82, 2.24) is 19.7 Å². The van der Waals surface area contributed by atoms with Gasteiger partial charge in [0, 0.05) is 50.6 Å². The van der Waals surface area contributed by atoms with Gasteiger partial charge in [-0.05, 0) is 36.8 Å². The van der Waals surface area contributed by atoms with Crippen LogP contribution in [0.3, 0.4) is 0 Å². The van der Waals surface area contributed by atoms with Crippen molar-refractivity contribution in [3.63, 3.8) is 0 Å². The molecule has 2 fully saturated rings. The summed E-state index contributed by atoms with van der Waals surface area (Å²) < 4.78 is 47.6. The van der Waals surface area contributed by atoms with E-state index in [9.17, 15) is 23.2 Å². The molecular formula is C38H50F2N4O6. The highest BCUT2D eigenvalue weighted by Gasteiger charge is 2.37. The van der Waals surface area contributed by atoms with Crippen molar-refractivity contribution in [2.75, 3.05) is 52.6 Å². The largest absolute Gasteiger partial charge is 0.488 e. The van der Waals surface area contributed by atoms with Gasteiger partial charge in [-0.1, -0.05) is 63.4 Å². The number of carbonyl (C=O) groups excluding carboxylic acids is 3. The number of nitrogens with one attached hydrogen (secondary N) is 1. The highest BCUT2D eigenvalue weighted by molar-refractivity contribution is 6.04. The van der Waals surface area contributed by atoms with Gasteiger partial charge in [-0.3, -0.25) is 14.4 Å². The standard InChI is InChI=1S/C38H50F2N4O6/c1-4-26(2)36(45)41-33(28-13-9-6-10-14-28)37(46)43-15-17-44(18-16-43)38(47)34-35(29-23-30(39)31(40)24-32(29)42(34)3)50-22-21-48-19-20-49-25-27-11-7-5-8-12-27/h5,7-8,11-12,23-24,26,28,33H,4,6,9-10,13-22,25H2,1-3H3,(H,41,45)/t26-,33-/m1/s1. The van der Waals surface area contributed by atoms with Crippen molar-refractivity contribution >= 4 is 28.6 Å². The molecule has 50 heavy (non-hydrogen) atoms. The van der Waals surface area contributed by atoms with Gasteiger partial charge in [-0.25, -0.2) is 8.78 Å². The highest BCUT2D eigenvalue weighted by atomic mass is 19.2. The van der Waals surface area contributed by atoms with Crippen molar-refractivity contribution in [3.05, 3.63) is 65.4 Å². The Labute approximate surface area is 293 Å². The third-order valence-electron chi connectivity index (χ3n) is 9.98. The summed E-state index contributed by atoms with van der Waals surface area (Å²) >= 11 is 0. The molecule has 1 N–H and O–H groups in total. The number of nitrogens with zero attached hydrogens (tertiary/aromatic N) is 3. The quantitative estimate of drug-likeness (QED) is 0.212. The number of piperazine rings is 1. The second-order valence-electron chi connectivity index (χ2n) is 13.3. The predicted molar refractivity (Wildman–Crippen MR) is 186 cm³/mol. The third kappa shape index (κ3) is 9.00. The number of fused-ring (bicyclic) bond motifs is 1. The Balaban J connectivity index is 1.22. The predicted octanol–water partition coefficient (Wildman–Crippen LogP) is 5.46. The first-order chi connectivity index (χ1) is 24.2. The van der Waals surface area contributed by atoms with Crippen molar-refractivity contribution < 1.29 is 37.4 Å². The summed E-state index contributed by atoms with van der Waals surface area (Å²) in [6, 6.07) is 11.3. The van der Waals surface area contributed by atoms with Crippen LogP contribution in [0, 0.1) is 23.5 Å². The van der Waals surface area contributed by atoms with E-state index in [1.54, 1.807) is 16.8 Å². The molecule has 2 heterocycles. The molecule has 1 saturated carbocycles. The minimum Gasteiger partial charge on any atom is -0.488 e. The molecule has 0 spiro atoms. The fourth-order valence-corrected chi connectivity index (χ4v) is 6.78. The molecule has 2 aliphatic rings. The van der Waals surface area contributed by atoms with Crippen LogP contribution in [0.5, 0.6) is 5.75 Å². The summed E-state index contributed by atoms with van der Waals surface area (Å²) in [5, 5.41) is 3.35. The molecule has 10 nitrogen and oxygen atoms in total. The van der Waals surface area contributed by atoms with Crippen LogP contribution in [0.4, 0.5) is 8.78 Å². The van der Waals surface area contributed by atoms with E-state index >= 15 is 0 Å². The number of carbonyl (C=O) groups is 3. The van der Waals surface area contributed by atoms with Crippen LogP contribution in [0.1, 0.15) is 68.4 Å². The molecule has 0 bridgehead atoms. The zero-order valence-corrected chi connectivity index (χ0v) is 29.4. The van der Waals surface area contributed by atoms with Gasteiger partial charge in [0.15, 0.2) is 23.1 Å². The second-order valence-corrected chi connectivity index (χ2v) is 13.3. The number of halogens is 2. The van der Waals surface area contributed by atoms with Gasteiger partial charge in [0.1, 0.15) is 12.6 Å². The lowest BCUT2D eigenvalue weighted by atomic mass is 9.83. The summed E-state index contributed by atoms with van der Waals surface area (Å²) in [5.41, 5.74) is 1.55. The molecule has 1 aliphatic heterocycles. The smallest absolute Gasteiger partial charge is 0.274 e. The Bertz CT molecular complexity index is 1600. The van der Waals surface area contributed by atoms with E-state index in [1.807, 2.05) is 44.2 Å². The van der Waals surface area contributed by atoms with Gasteiger partial charge in [-0.2, -0.15) is 0 Å². The summed E-state index contributed by atoms with van der Waals surface area (Å²) in [4.78, 5) is 44.2. The van der Waals surface area contributed by atoms with Crippen LogP contribution in [0.2, 0.25) is 0 Å². The van der Waals surface area contributed by atoms with Gasteiger partial charge in [-0.15, -0.1) is 0 Å². The molecule has 5 rings (SSSR count). The van der Waals surface area contributed by atoms with Crippen molar-refractivity contribution in [2.24, 2.45) is 18.9 Å². The number of aromatic nitrogens is 1. The molecule has 1 aliphatic carbocycles. The fourth-order valence-electron chi connectivity index (χ4n) is 6.78. The summed E-state index contributed by atoms with van der Waals surface area (Å²) in [6.45, 7) is 6.41. The van der Waals surface area contributed by atoms with Crippen LogP contribution >= 0.6 is 0 Å². The molecular weight excluding hydrogens is 646 g/mol. The summed E-state index contributed by atoms with van der Waals surface area (Å²) in [5.74, 6) is -2.59. The van der Waals surface area contributed by atoms with Gasteiger partial charge in [0.05, 0.1) is 31.9 Å². The van der Waals surface area contributed by atoms with Crippen molar-refractivity contribution in [3.8, 4) is 5.75 Å². The van der Waals surface area contributed by atoms with E-state index in [2.05, 4.69) is 5.32 Å². The van der Waals surface area contributed by atoms with Gasteiger partial charge in [0.2, 0.25) is 11.8 Å². The fraction of sp³-hybridized carbons (Fsp3) is 0.553. The van der Waals surface area contributed by atoms with E-state index < -0.39 is 17.7 Å². The average Bonchev–Trinajstić information content (AvgIpc) is 3.40. The number of hydrogen-bond acceptors (Lipinski definition) is 6. The molecule has 0 unspecified atom stereocenters. The van der Waals surface area contributed by atoms with Gasteiger partial charge in [0.25, 0.3) is 5.91 Å². The van der Waals surface area contributed by atoms with Crippen LogP contribution in [0.25, 0.3) is 10.9 Å². The van der Waals surface area contributed by atoms with E-state index in [-0.39, 0.29) is 72.7 Å². The lowest BCUT2D eigenvalue weighted by molar-refractivity contribution is -0.140. The maximum atomic E-state index is 14.4. The molecule has 2 atom stereocenters. The topological polar surface area (TPSA) is 102 Å². The Morgan fingerprint density at radius 3 is 2.22 bits per heavy atom. The molecule has 0 radical (unpaired) electrons. The minimum absolute atomic E-state index is 0.0737. The molecule has 12 heteroatoms. The van der Waals surface area contributed by atoms with E-state index in [4.69, 9.17) is 14.2 Å². The molecule has 272 valence electrons. The SMILES string of the molecule is CC[C@@H](C)C(=O)N[C@@H](C(=O)N1CCN(C(=O)c2c(OCCOCCOCc3ccccc3)c3cc(F)c(F)cc3n2C)CC1)C1CCCCC1. The minimum atomic E-state index is -1.04. The van der Waals surface area contributed by atoms with Crippen LogP contribution < -0.4 is 10.1 Å². The van der Waals surface area contributed by atoms with Crippen LogP contribution in [-0.2, 0) is 32.7 Å². The first-order valence-electron chi connectivity index (χ1n) is 17.9. The Morgan fingerprint density at radius 2 is 1.52 bits per heavy atom. The van der Waals surface area contributed by atoms with Crippen LogP contribution in [-0.4, -0.2) is 90.7 Å². The maximum Gasteiger partial charge on any atom is 0.274 e. The van der Waals surface area contributed by atoms with Crippen molar-refractivity contribution in [2.45, 2.75) is 65.0 Å². The Morgan fingerprint density at radius 1 is 0.880 bits per heavy atom. The Hall–Kier alpha value is -4.03. The third-order valence-corrected chi connectivity index (χ3v) is 9.98. The van der Waals surface area contributed by atoms with E-state index in [1.165, 1.54) is 4.57 Å². The highest BCUT2D eigenvalue weighted by Crippen LogP contribution is 2.35. The zero-order valence-electron chi connectivity index (χ0n) is 29.4. The molecule has 1 aromatic heterocycles. The normalized spacial score (nSPS) is 16.7. The Kier molecular flexibility index (Phi) is 13.2. The second kappa shape index (κ2) is 17.8. The average molecular weight is 697 g/mol. The number of aryl methyl sites for hydroxylation is 1. The van der Waals surface area contributed by atoms with E-state index in [0.29, 0.717) is 44.8 Å². The van der Waals surface area contributed by atoms with E-state index in [0.717, 1.165) is 49.8 Å². The van der Waals surface area contributed by atoms with Crippen molar-refractivity contribution in [1.29, 1.82) is 0 Å². The molecule has 2 aromatic carbocycles. The number of amides is 3. The monoisotopic (exact) mass is 696 g/mol. The lowest BCUT2D eigenvalue weighted by Crippen LogP contribution is -2.58.